The molecule has 0 aliphatic heterocycles. The maximum absolute atomic E-state index is 10.4. The molecular formula is C19H26O3. The van der Waals surface area contributed by atoms with E-state index in [0.717, 1.165) is 31.4 Å². The van der Waals surface area contributed by atoms with Crippen molar-refractivity contribution < 1.29 is 14.9 Å². The van der Waals surface area contributed by atoms with Crippen molar-refractivity contribution in [2.24, 2.45) is 17.3 Å². The van der Waals surface area contributed by atoms with Crippen LogP contribution in [0.25, 0.3) is 0 Å². The average Bonchev–Trinajstić information content (AvgIpc) is 2.77. The molecule has 0 radical (unpaired) electrons. The third kappa shape index (κ3) is 1.88. The summed E-state index contributed by atoms with van der Waals surface area (Å²) >= 11 is 0. The predicted molar refractivity (Wildman–Crippen MR) is 85.0 cm³/mol. The second-order valence-corrected chi connectivity index (χ2v) is 7.77. The zero-order valence-corrected chi connectivity index (χ0v) is 13.5. The molecule has 2 fully saturated rings. The molecule has 3 aliphatic carbocycles. The maximum atomic E-state index is 10.4. The van der Waals surface area contributed by atoms with Crippen LogP contribution in [0.3, 0.4) is 0 Å². The van der Waals surface area contributed by atoms with Crippen LogP contribution in [0.15, 0.2) is 18.2 Å². The Morgan fingerprint density at radius 3 is 2.82 bits per heavy atom. The molecule has 0 saturated heterocycles. The van der Waals surface area contributed by atoms with E-state index >= 15 is 0 Å². The first-order valence-electron chi connectivity index (χ1n) is 8.57. The molecule has 1 aromatic rings. The van der Waals surface area contributed by atoms with Gasteiger partial charge in [-0.2, -0.15) is 0 Å². The molecule has 0 aromatic heterocycles. The molecule has 3 heteroatoms. The summed E-state index contributed by atoms with van der Waals surface area (Å²) in [7, 11) is 1.72. The first-order valence-corrected chi connectivity index (χ1v) is 8.57. The minimum absolute atomic E-state index is 0.0927. The van der Waals surface area contributed by atoms with Gasteiger partial charge in [-0.15, -0.1) is 0 Å². The molecule has 6 atom stereocenters. The van der Waals surface area contributed by atoms with Gasteiger partial charge in [-0.05, 0) is 78.5 Å². The fourth-order valence-electron chi connectivity index (χ4n) is 5.67. The highest BCUT2D eigenvalue weighted by Crippen LogP contribution is 2.60. The predicted octanol–water partition coefficient (Wildman–Crippen LogP) is 2.88. The van der Waals surface area contributed by atoms with Gasteiger partial charge >= 0.3 is 0 Å². The fourth-order valence-corrected chi connectivity index (χ4v) is 5.67. The average molecular weight is 302 g/mol. The van der Waals surface area contributed by atoms with Crippen molar-refractivity contribution in [2.45, 2.75) is 57.2 Å². The highest BCUT2D eigenvalue weighted by molar-refractivity contribution is 5.40. The summed E-state index contributed by atoms with van der Waals surface area (Å²) in [4.78, 5) is 0. The molecule has 4 rings (SSSR count). The Kier molecular flexibility index (Phi) is 3.28. The molecule has 1 aromatic carbocycles. The van der Waals surface area contributed by atoms with E-state index in [4.69, 9.17) is 4.74 Å². The third-order valence-corrected chi connectivity index (χ3v) is 6.91. The van der Waals surface area contributed by atoms with Crippen molar-refractivity contribution in [3.05, 3.63) is 29.3 Å². The number of hydrogen-bond donors (Lipinski definition) is 2. The van der Waals surface area contributed by atoms with Crippen LogP contribution < -0.4 is 4.74 Å². The lowest BCUT2D eigenvalue weighted by molar-refractivity contribution is -0.0505. The molecule has 0 amide bonds. The molecule has 0 heterocycles. The number of ether oxygens (including phenoxy) is 1. The summed E-state index contributed by atoms with van der Waals surface area (Å²) in [5.41, 5.74) is 2.82. The smallest absolute Gasteiger partial charge is 0.119 e. The van der Waals surface area contributed by atoms with E-state index in [-0.39, 0.29) is 5.41 Å². The van der Waals surface area contributed by atoms with Crippen LogP contribution in [0.4, 0.5) is 0 Å². The molecule has 120 valence electrons. The first-order chi connectivity index (χ1) is 10.5. The van der Waals surface area contributed by atoms with Crippen LogP contribution in [0.5, 0.6) is 5.75 Å². The van der Waals surface area contributed by atoms with Crippen LogP contribution in [0, 0.1) is 17.3 Å². The largest absolute Gasteiger partial charge is 0.497 e. The van der Waals surface area contributed by atoms with Gasteiger partial charge in [0.1, 0.15) is 5.75 Å². The Balaban J connectivity index is 1.69. The van der Waals surface area contributed by atoms with Crippen molar-refractivity contribution in [1.82, 2.24) is 0 Å². The second kappa shape index (κ2) is 4.97. The normalized spacial score (nSPS) is 43.2. The number of methoxy groups -OCH3 is 1. The van der Waals surface area contributed by atoms with Gasteiger partial charge in [0.15, 0.2) is 0 Å². The SMILES string of the molecule is COc1ccc2c(c1)CC[C@@H]1[C@@H]2CC[C@@]2(C)[C@@H](O)[C@@H](O)C[C@@H]12. The summed E-state index contributed by atoms with van der Waals surface area (Å²) in [6.07, 6.45) is 4.09. The van der Waals surface area contributed by atoms with Crippen molar-refractivity contribution >= 4 is 0 Å². The van der Waals surface area contributed by atoms with Crippen LogP contribution in [0.2, 0.25) is 0 Å². The summed E-state index contributed by atoms with van der Waals surface area (Å²) in [6.45, 7) is 2.19. The molecule has 2 N–H and O–H groups in total. The monoisotopic (exact) mass is 302 g/mol. The standard InChI is InChI=1S/C19H26O3/c1-19-8-7-14-13-6-4-12(22-2)9-11(13)3-5-15(14)16(19)10-17(20)18(19)21/h4,6,9,14-18,20-21H,3,5,7-8,10H2,1-2H3/t14-,15-,16+,17+,18+,19-/m1/s1. The summed E-state index contributed by atoms with van der Waals surface area (Å²) < 4.78 is 5.36. The Bertz CT molecular complexity index is 584. The van der Waals surface area contributed by atoms with Crippen molar-refractivity contribution in [3.8, 4) is 5.75 Å². The van der Waals surface area contributed by atoms with E-state index < -0.39 is 12.2 Å². The minimum atomic E-state index is -0.546. The number of rotatable bonds is 1. The Labute approximate surface area is 132 Å². The second-order valence-electron chi connectivity index (χ2n) is 7.77. The number of hydrogen-bond acceptors (Lipinski definition) is 3. The van der Waals surface area contributed by atoms with E-state index in [1.165, 1.54) is 17.5 Å². The number of benzene rings is 1. The molecule has 3 nitrogen and oxygen atoms in total. The quantitative estimate of drug-likeness (QED) is 0.838. The summed E-state index contributed by atoms with van der Waals surface area (Å²) in [6, 6.07) is 6.51. The van der Waals surface area contributed by atoms with Gasteiger partial charge in [0, 0.05) is 0 Å². The lowest BCUT2D eigenvalue weighted by atomic mass is 9.55. The molecule has 0 bridgehead atoms. The molecular weight excluding hydrogens is 276 g/mol. The zero-order valence-electron chi connectivity index (χ0n) is 13.5. The zero-order chi connectivity index (χ0) is 15.5. The number of fused-ring (bicyclic) bond motifs is 5. The lowest BCUT2D eigenvalue weighted by Gasteiger charge is -2.49. The van der Waals surface area contributed by atoms with Gasteiger partial charge in [0.05, 0.1) is 19.3 Å². The minimum Gasteiger partial charge on any atom is -0.497 e. The van der Waals surface area contributed by atoms with Crippen LogP contribution >= 0.6 is 0 Å². The number of aliphatic hydroxyl groups is 2. The Morgan fingerprint density at radius 2 is 2.05 bits per heavy atom. The van der Waals surface area contributed by atoms with Crippen LogP contribution in [-0.4, -0.2) is 29.5 Å². The fraction of sp³-hybridized carbons (Fsp3) is 0.684. The topological polar surface area (TPSA) is 49.7 Å². The first kappa shape index (κ1) is 14.5. The van der Waals surface area contributed by atoms with E-state index in [1.807, 2.05) is 0 Å². The van der Waals surface area contributed by atoms with Crippen LogP contribution in [-0.2, 0) is 6.42 Å². The third-order valence-electron chi connectivity index (χ3n) is 6.91. The van der Waals surface area contributed by atoms with Crippen molar-refractivity contribution in [2.75, 3.05) is 7.11 Å². The van der Waals surface area contributed by atoms with Crippen molar-refractivity contribution in [1.29, 1.82) is 0 Å². The summed E-state index contributed by atoms with van der Waals surface area (Å²) in [5, 5.41) is 20.6. The molecule has 22 heavy (non-hydrogen) atoms. The van der Waals surface area contributed by atoms with E-state index in [9.17, 15) is 10.2 Å². The Morgan fingerprint density at radius 1 is 1.23 bits per heavy atom. The van der Waals surface area contributed by atoms with E-state index in [2.05, 4.69) is 25.1 Å². The van der Waals surface area contributed by atoms with Crippen LogP contribution in [0.1, 0.15) is 49.7 Å². The summed E-state index contributed by atoms with van der Waals surface area (Å²) in [5.74, 6) is 2.59. The van der Waals surface area contributed by atoms with Gasteiger partial charge in [-0.3, -0.25) is 0 Å². The molecule has 2 saturated carbocycles. The van der Waals surface area contributed by atoms with Gasteiger partial charge in [0.2, 0.25) is 0 Å². The van der Waals surface area contributed by atoms with Gasteiger partial charge in [0.25, 0.3) is 0 Å². The lowest BCUT2D eigenvalue weighted by Crippen LogP contribution is -2.44. The number of aryl methyl sites for hydroxylation is 1. The molecule has 0 spiro atoms. The maximum Gasteiger partial charge on any atom is 0.119 e. The molecule has 3 aliphatic rings. The number of aliphatic hydroxyl groups excluding tert-OH is 2. The van der Waals surface area contributed by atoms with E-state index in [0.29, 0.717) is 17.8 Å². The van der Waals surface area contributed by atoms with Gasteiger partial charge < -0.3 is 14.9 Å². The Hall–Kier alpha value is -1.06. The highest BCUT2D eigenvalue weighted by Gasteiger charge is 2.57. The van der Waals surface area contributed by atoms with Gasteiger partial charge in [-0.25, -0.2) is 0 Å². The highest BCUT2D eigenvalue weighted by atomic mass is 16.5. The van der Waals surface area contributed by atoms with Gasteiger partial charge in [-0.1, -0.05) is 13.0 Å². The molecule has 0 unspecified atom stereocenters. The van der Waals surface area contributed by atoms with Crippen molar-refractivity contribution in [3.63, 3.8) is 0 Å². The van der Waals surface area contributed by atoms with E-state index in [1.54, 1.807) is 7.11 Å².